The zero-order valence-corrected chi connectivity index (χ0v) is 11.4. The lowest BCUT2D eigenvalue weighted by atomic mass is 9.97. The molecule has 1 aromatic heterocycles. The number of ether oxygens (including phenoxy) is 1. The largest absolute Gasteiger partial charge is 0.394 e. The summed E-state index contributed by atoms with van der Waals surface area (Å²) in [6, 6.07) is 7.92. The number of rotatable bonds is 3. The maximum Gasteiger partial charge on any atom is 0.249 e. The van der Waals surface area contributed by atoms with E-state index >= 15 is 0 Å². The number of amides is 1. The first-order valence-corrected chi connectivity index (χ1v) is 6.72. The number of aromatic nitrogens is 1. The molecular weight excluding hydrogens is 256 g/mol. The number of H-pyrrole nitrogens is 1. The molecule has 0 saturated heterocycles. The summed E-state index contributed by atoms with van der Waals surface area (Å²) in [6.07, 6.45) is 0.672. The van der Waals surface area contributed by atoms with Gasteiger partial charge in [0, 0.05) is 23.7 Å². The smallest absolute Gasteiger partial charge is 0.249 e. The highest BCUT2D eigenvalue weighted by molar-refractivity contribution is 5.86. The number of hydrogen-bond donors (Lipinski definition) is 2. The predicted molar refractivity (Wildman–Crippen MR) is 75.3 cm³/mol. The molecule has 0 saturated carbocycles. The van der Waals surface area contributed by atoms with Crippen LogP contribution in [0, 0.1) is 0 Å². The van der Waals surface area contributed by atoms with Crippen molar-refractivity contribution in [1.82, 2.24) is 9.88 Å². The third-order valence-corrected chi connectivity index (χ3v) is 3.91. The van der Waals surface area contributed by atoms with Crippen molar-refractivity contribution in [3.8, 4) is 0 Å². The molecule has 2 aromatic rings. The normalized spacial score (nSPS) is 18.3. The van der Waals surface area contributed by atoms with Gasteiger partial charge < -0.3 is 19.7 Å². The van der Waals surface area contributed by atoms with Crippen molar-refractivity contribution in [2.45, 2.75) is 19.0 Å². The van der Waals surface area contributed by atoms with Gasteiger partial charge in [-0.1, -0.05) is 18.2 Å². The second kappa shape index (κ2) is 5.26. The van der Waals surface area contributed by atoms with Crippen molar-refractivity contribution in [3.05, 3.63) is 35.5 Å². The Kier molecular flexibility index (Phi) is 3.46. The molecule has 2 N–H and O–H groups in total. The first kappa shape index (κ1) is 13.1. The van der Waals surface area contributed by atoms with E-state index in [1.54, 1.807) is 4.90 Å². The monoisotopic (exact) mass is 274 g/mol. The molecule has 1 aliphatic rings. The minimum Gasteiger partial charge on any atom is -0.394 e. The molecule has 1 unspecified atom stereocenters. The summed E-state index contributed by atoms with van der Waals surface area (Å²) in [6.45, 7) is 0.512. The Labute approximate surface area is 117 Å². The summed E-state index contributed by atoms with van der Waals surface area (Å²) in [7, 11) is 1.50. The van der Waals surface area contributed by atoms with Gasteiger partial charge in [-0.3, -0.25) is 4.79 Å². The van der Waals surface area contributed by atoms with E-state index in [2.05, 4.69) is 11.1 Å². The zero-order valence-electron chi connectivity index (χ0n) is 11.4. The van der Waals surface area contributed by atoms with Gasteiger partial charge >= 0.3 is 0 Å². The van der Waals surface area contributed by atoms with Gasteiger partial charge in [0.25, 0.3) is 0 Å². The van der Waals surface area contributed by atoms with Gasteiger partial charge in [-0.25, -0.2) is 0 Å². The molecule has 106 valence electrons. The van der Waals surface area contributed by atoms with Crippen LogP contribution in [0.4, 0.5) is 0 Å². The van der Waals surface area contributed by atoms with E-state index in [-0.39, 0.29) is 25.2 Å². The van der Waals surface area contributed by atoms with Gasteiger partial charge in [0.15, 0.2) is 0 Å². The molecular formula is C15H18N2O3. The number of nitrogens with one attached hydrogen (secondary N) is 1. The third-order valence-electron chi connectivity index (χ3n) is 3.91. The summed E-state index contributed by atoms with van der Waals surface area (Å²) < 4.78 is 4.91. The Morgan fingerprint density at radius 1 is 1.50 bits per heavy atom. The number of para-hydroxylation sites is 1. The number of carbonyl (C=O) groups excluding carboxylic acids is 1. The van der Waals surface area contributed by atoms with Crippen LogP contribution >= 0.6 is 0 Å². The minimum absolute atomic E-state index is 0.0333. The molecule has 2 heterocycles. The summed E-state index contributed by atoms with van der Waals surface area (Å²) >= 11 is 0. The van der Waals surface area contributed by atoms with Gasteiger partial charge in [0.1, 0.15) is 6.61 Å². The van der Waals surface area contributed by atoms with E-state index in [0.29, 0.717) is 13.0 Å². The second-order valence-electron chi connectivity index (χ2n) is 5.12. The summed E-state index contributed by atoms with van der Waals surface area (Å²) in [5.41, 5.74) is 3.34. The second-order valence-corrected chi connectivity index (χ2v) is 5.12. The number of hydrogen-bond acceptors (Lipinski definition) is 3. The van der Waals surface area contributed by atoms with Crippen LogP contribution in [0.15, 0.2) is 24.3 Å². The molecule has 0 spiro atoms. The number of aromatic amines is 1. The molecule has 0 bridgehead atoms. The number of aliphatic hydroxyl groups is 1. The number of fused-ring (bicyclic) bond motifs is 3. The van der Waals surface area contributed by atoms with Crippen molar-refractivity contribution >= 4 is 16.8 Å². The van der Waals surface area contributed by atoms with E-state index in [1.165, 1.54) is 18.1 Å². The lowest BCUT2D eigenvalue weighted by Gasteiger charge is -2.34. The molecule has 1 atom stereocenters. The van der Waals surface area contributed by atoms with Crippen molar-refractivity contribution < 1.29 is 14.6 Å². The summed E-state index contributed by atoms with van der Waals surface area (Å²) in [4.78, 5) is 17.1. The number of carbonyl (C=O) groups is 1. The van der Waals surface area contributed by atoms with Crippen LogP contribution in [0.3, 0.4) is 0 Å². The van der Waals surface area contributed by atoms with Crippen molar-refractivity contribution in [2.75, 3.05) is 20.3 Å². The highest BCUT2D eigenvalue weighted by Crippen LogP contribution is 2.30. The lowest BCUT2D eigenvalue weighted by molar-refractivity contribution is -0.139. The molecule has 1 amide bonds. The highest BCUT2D eigenvalue weighted by Gasteiger charge is 2.31. The molecule has 1 aliphatic heterocycles. The SMILES string of the molecule is COCC(=O)N1Cc2[nH]c3ccccc3c2CC1CO. The van der Waals surface area contributed by atoms with Gasteiger partial charge in [-0.15, -0.1) is 0 Å². The van der Waals surface area contributed by atoms with Gasteiger partial charge in [0.05, 0.1) is 19.2 Å². The average molecular weight is 274 g/mol. The Balaban J connectivity index is 1.98. The Morgan fingerprint density at radius 3 is 3.05 bits per heavy atom. The number of benzene rings is 1. The van der Waals surface area contributed by atoms with Gasteiger partial charge in [-0.05, 0) is 18.1 Å². The Bertz CT molecular complexity index is 635. The van der Waals surface area contributed by atoms with Crippen LogP contribution in [0.1, 0.15) is 11.3 Å². The van der Waals surface area contributed by atoms with Crippen LogP contribution in [-0.2, 0) is 22.5 Å². The summed E-state index contributed by atoms with van der Waals surface area (Å²) in [5.74, 6) is -0.0872. The molecule has 3 rings (SSSR count). The van der Waals surface area contributed by atoms with Crippen molar-refractivity contribution in [3.63, 3.8) is 0 Å². The van der Waals surface area contributed by atoms with E-state index in [0.717, 1.165) is 11.2 Å². The third kappa shape index (κ3) is 2.09. The number of nitrogens with zero attached hydrogens (tertiary/aromatic N) is 1. The number of methoxy groups -OCH3 is 1. The lowest BCUT2D eigenvalue weighted by Crippen LogP contribution is -2.47. The van der Waals surface area contributed by atoms with E-state index in [9.17, 15) is 9.90 Å². The summed E-state index contributed by atoms with van der Waals surface area (Å²) in [5, 5.41) is 10.7. The average Bonchev–Trinajstić information content (AvgIpc) is 2.83. The maximum atomic E-state index is 12.1. The van der Waals surface area contributed by atoms with Gasteiger partial charge in [0.2, 0.25) is 5.91 Å². The van der Waals surface area contributed by atoms with Crippen LogP contribution in [-0.4, -0.2) is 47.3 Å². The predicted octanol–water partition coefficient (Wildman–Crippen LogP) is 1.06. The zero-order chi connectivity index (χ0) is 14.1. The Morgan fingerprint density at radius 2 is 2.30 bits per heavy atom. The first-order chi connectivity index (χ1) is 9.74. The molecule has 1 aromatic carbocycles. The molecule has 20 heavy (non-hydrogen) atoms. The first-order valence-electron chi connectivity index (χ1n) is 6.72. The fraction of sp³-hybridized carbons (Fsp3) is 0.400. The molecule has 0 radical (unpaired) electrons. The standard InChI is InChI=1S/C15H18N2O3/c1-20-9-15(19)17-7-14-12(6-10(17)8-18)11-4-2-3-5-13(11)16-14/h2-5,10,16,18H,6-9H2,1H3. The topological polar surface area (TPSA) is 65.6 Å². The van der Waals surface area contributed by atoms with Gasteiger partial charge in [-0.2, -0.15) is 0 Å². The van der Waals surface area contributed by atoms with Crippen LogP contribution < -0.4 is 0 Å². The fourth-order valence-electron chi connectivity index (χ4n) is 2.93. The maximum absolute atomic E-state index is 12.1. The van der Waals surface area contributed by atoms with Crippen LogP contribution in [0.2, 0.25) is 0 Å². The van der Waals surface area contributed by atoms with Crippen molar-refractivity contribution in [1.29, 1.82) is 0 Å². The quantitative estimate of drug-likeness (QED) is 0.879. The molecule has 0 aliphatic carbocycles. The van der Waals surface area contributed by atoms with Crippen molar-refractivity contribution in [2.24, 2.45) is 0 Å². The Hall–Kier alpha value is -1.85. The van der Waals surface area contributed by atoms with E-state index in [4.69, 9.17) is 4.74 Å². The highest BCUT2D eigenvalue weighted by atomic mass is 16.5. The number of aliphatic hydroxyl groups excluding tert-OH is 1. The molecule has 5 heteroatoms. The fourth-order valence-corrected chi connectivity index (χ4v) is 2.93. The van der Waals surface area contributed by atoms with Crippen LogP contribution in [0.5, 0.6) is 0 Å². The molecule has 0 fully saturated rings. The van der Waals surface area contributed by atoms with E-state index < -0.39 is 0 Å². The van der Waals surface area contributed by atoms with E-state index in [1.807, 2.05) is 18.2 Å². The molecule has 5 nitrogen and oxygen atoms in total. The van der Waals surface area contributed by atoms with Crippen LogP contribution in [0.25, 0.3) is 10.9 Å². The minimum atomic E-state index is -0.177.